The van der Waals surface area contributed by atoms with Gasteiger partial charge in [0, 0.05) is 65.3 Å². The zero-order valence-electron chi connectivity index (χ0n) is 26.9. The molecule has 0 heterocycles. The SMILES string of the molecule is CC.CCNCCCCCN(O)C(=O)CCC(=O)NCCCCCN(O)C(=O)CCC(=O)NCCCCCN(O)C(C)=O. The monoisotopic (exact) mass is 618 g/mol. The molecule has 14 nitrogen and oxygen atoms in total. The lowest BCUT2D eigenvalue weighted by Crippen LogP contribution is -2.31. The largest absolute Gasteiger partial charge is 0.356 e. The minimum Gasteiger partial charge on any atom is -0.356 e. The first-order valence-electron chi connectivity index (χ1n) is 15.8. The van der Waals surface area contributed by atoms with Crippen LogP contribution in [0.5, 0.6) is 0 Å². The van der Waals surface area contributed by atoms with Crippen LogP contribution in [-0.2, 0) is 24.0 Å². The van der Waals surface area contributed by atoms with E-state index in [9.17, 15) is 39.6 Å². The summed E-state index contributed by atoms with van der Waals surface area (Å²) < 4.78 is 0. The van der Waals surface area contributed by atoms with Crippen molar-refractivity contribution in [3.8, 4) is 0 Å². The standard InChI is InChI=1S/C27H52N6O8.C2H6/c1-3-28-17-7-4-11-21-32(40)26(37)15-13-25(36)30-19-9-6-12-22-33(41)27(38)16-14-24(35)29-18-8-5-10-20-31(39)23(2)34;1-2/h28,39-41H,3-22H2,1-2H3,(H,29,35)(H,30,36);1-2H3. The van der Waals surface area contributed by atoms with Gasteiger partial charge in [0.15, 0.2) is 0 Å². The Balaban J connectivity index is 0. The first kappa shape index (κ1) is 42.3. The van der Waals surface area contributed by atoms with E-state index in [-0.39, 0.29) is 57.1 Å². The number of carbonyl (C=O) groups excluding carboxylic acids is 5. The van der Waals surface area contributed by atoms with Crippen molar-refractivity contribution in [2.45, 2.75) is 111 Å². The molecule has 0 rings (SSSR count). The van der Waals surface area contributed by atoms with Crippen molar-refractivity contribution in [3.63, 3.8) is 0 Å². The maximum atomic E-state index is 12.0. The molecule has 252 valence electrons. The van der Waals surface area contributed by atoms with Crippen LogP contribution >= 0.6 is 0 Å². The molecule has 0 atom stereocenters. The molecule has 0 aliphatic rings. The van der Waals surface area contributed by atoms with Crippen molar-refractivity contribution in [2.75, 3.05) is 45.8 Å². The van der Waals surface area contributed by atoms with Gasteiger partial charge >= 0.3 is 0 Å². The normalized spacial score (nSPS) is 10.3. The molecule has 5 amide bonds. The minimum atomic E-state index is -0.545. The smallest absolute Gasteiger partial charge is 0.246 e. The van der Waals surface area contributed by atoms with Gasteiger partial charge in [-0.25, -0.2) is 15.2 Å². The first-order chi connectivity index (χ1) is 20.6. The molecule has 14 heteroatoms. The van der Waals surface area contributed by atoms with Gasteiger partial charge in [-0.1, -0.05) is 27.2 Å². The third-order valence-corrected chi connectivity index (χ3v) is 6.28. The van der Waals surface area contributed by atoms with Crippen LogP contribution in [0.3, 0.4) is 0 Å². The summed E-state index contributed by atoms with van der Waals surface area (Å²) in [7, 11) is 0. The minimum absolute atomic E-state index is 0.00755. The summed E-state index contributed by atoms with van der Waals surface area (Å²) in [6, 6.07) is 0. The number of nitrogens with zero attached hydrogens (tertiary/aromatic N) is 3. The fraction of sp³-hybridized carbons (Fsp3) is 0.828. The quantitative estimate of drug-likeness (QED) is 0.0507. The lowest BCUT2D eigenvalue weighted by molar-refractivity contribution is -0.166. The fourth-order valence-electron chi connectivity index (χ4n) is 3.73. The molecule has 0 bridgehead atoms. The fourth-order valence-corrected chi connectivity index (χ4v) is 3.73. The molecule has 0 aromatic rings. The molecule has 0 unspecified atom stereocenters. The Morgan fingerprint density at radius 2 is 0.907 bits per heavy atom. The highest BCUT2D eigenvalue weighted by atomic mass is 16.5. The lowest BCUT2D eigenvalue weighted by atomic mass is 10.2. The Hall–Kier alpha value is -2.81. The lowest BCUT2D eigenvalue weighted by Gasteiger charge is -2.15. The van der Waals surface area contributed by atoms with Gasteiger partial charge in [-0.05, 0) is 64.5 Å². The number of hydrogen-bond acceptors (Lipinski definition) is 9. The average molecular weight is 619 g/mol. The van der Waals surface area contributed by atoms with Crippen LogP contribution in [0.4, 0.5) is 0 Å². The van der Waals surface area contributed by atoms with E-state index in [0.717, 1.165) is 32.4 Å². The second-order valence-corrected chi connectivity index (χ2v) is 9.91. The second-order valence-electron chi connectivity index (χ2n) is 9.91. The summed E-state index contributed by atoms with van der Waals surface area (Å²) >= 11 is 0. The number of rotatable bonds is 25. The van der Waals surface area contributed by atoms with E-state index in [2.05, 4.69) is 16.0 Å². The predicted octanol–water partition coefficient (Wildman–Crippen LogP) is 2.60. The molecule has 0 saturated heterocycles. The highest BCUT2D eigenvalue weighted by Crippen LogP contribution is 2.03. The summed E-state index contributed by atoms with van der Waals surface area (Å²) in [6.45, 7) is 10.6. The van der Waals surface area contributed by atoms with Crippen LogP contribution in [-0.4, -0.2) is 106 Å². The summed E-state index contributed by atoms with van der Waals surface area (Å²) in [6.07, 6.45) is 6.16. The van der Waals surface area contributed by atoms with Crippen molar-refractivity contribution in [2.24, 2.45) is 0 Å². The zero-order chi connectivity index (χ0) is 32.9. The van der Waals surface area contributed by atoms with Crippen molar-refractivity contribution in [1.82, 2.24) is 31.1 Å². The highest BCUT2D eigenvalue weighted by molar-refractivity contribution is 5.83. The topological polar surface area (TPSA) is 192 Å². The third kappa shape index (κ3) is 26.5. The van der Waals surface area contributed by atoms with Crippen LogP contribution in [0, 0.1) is 0 Å². The predicted molar refractivity (Wildman–Crippen MR) is 162 cm³/mol. The van der Waals surface area contributed by atoms with Crippen molar-refractivity contribution in [1.29, 1.82) is 0 Å². The molecule has 6 N–H and O–H groups in total. The van der Waals surface area contributed by atoms with Crippen LogP contribution < -0.4 is 16.0 Å². The van der Waals surface area contributed by atoms with Gasteiger partial charge in [-0.15, -0.1) is 0 Å². The molecular weight excluding hydrogens is 560 g/mol. The van der Waals surface area contributed by atoms with E-state index >= 15 is 0 Å². The summed E-state index contributed by atoms with van der Waals surface area (Å²) in [5.41, 5.74) is 0. The molecule has 0 aliphatic carbocycles. The van der Waals surface area contributed by atoms with Gasteiger partial charge in [0.25, 0.3) is 0 Å². The van der Waals surface area contributed by atoms with Gasteiger partial charge in [0.05, 0.1) is 0 Å². The van der Waals surface area contributed by atoms with Crippen LogP contribution in [0.15, 0.2) is 0 Å². The number of hydrogen-bond donors (Lipinski definition) is 6. The molecule has 0 radical (unpaired) electrons. The molecule has 0 fully saturated rings. The second kappa shape index (κ2) is 29.3. The van der Waals surface area contributed by atoms with E-state index in [1.54, 1.807) is 0 Å². The van der Waals surface area contributed by atoms with Crippen molar-refractivity contribution < 1.29 is 39.6 Å². The van der Waals surface area contributed by atoms with Gasteiger partial charge in [-0.3, -0.25) is 39.6 Å². The number of unbranched alkanes of at least 4 members (excludes halogenated alkanes) is 6. The maximum absolute atomic E-state index is 12.0. The zero-order valence-corrected chi connectivity index (χ0v) is 26.9. The molecule has 0 saturated carbocycles. The van der Waals surface area contributed by atoms with Crippen LogP contribution in [0.25, 0.3) is 0 Å². The summed E-state index contributed by atoms with van der Waals surface area (Å²) in [5.74, 6) is -2.01. The number of nitrogens with one attached hydrogen (secondary N) is 3. The van der Waals surface area contributed by atoms with E-state index in [0.29, 0.717) is 66.8 Å². The van der Waals surface area contributed by atoms with E-state index in [1.807, 2.05) is 20.8 Å². The molecule has 0 spiro atoms. The average Bonchev–Trinajstić information content (AvgIpc) is 3.00. The van der Waals surface area contributed by atoms with Gasteiger partial charge in [-0.2, -0.15) is 0 Å². The Morgan fingerprint density at radius 3 is 1.28 bits per heavy atom. The van der Waals surface area contributed by atoms with Gasteiger partial charge < -0.3 is 16.0 Å². The van der Waals surface area contributed by atoms with Crippen molar-refractivity contribution >= 4 is 29.5 Å². The van der Waals surface area contributed by atoms with E-state index in [4.69, 9.17) is 0 Å². The van der Waals surface area contributed by atoms with E-state index in [1.165, 1.54) is 6.92 Å². The van der Waals surface area contributed by atoms with E-state index < -0.39 is 17.7 Å². The maximum Gasteiger partial charge on any atom is 0.246 e. The first-order valence-corrected chi connectivity index (χ1v) is 15.8. The summed E-state index contributed by atoms with van der Waals surface area (Å²) in [5, 5.41) is 39.5. The molecule has 0 aromatic carbocycles. The number of amides is 5. The van der Waals surface area contributed by atoms with Crippen LogP contribution in [0.1, 0.15) is 111 Å². The molecule has 0 aliphatic heterocycles. The van der Waals surface area contributed by atoms with Gasteiger partial charge in [0.2, 0.25) is 29.5 Å². The third-order valence-electron chi connectivity index (χ3n) is 6.28. The Morgan fingerprint density at radius 1 is 0.535 bits per heavy atom. The molecule has 0 aromatic heterocycles. The molecular formula is C29H58N6O8. The number of hydroxylamine groups is 6. The van der Waals surface area contributed by atoms with Crippen LogP contribution in [0.2, 0.25) is 0 Å². The van der Waals surface area contributed by atoms with Crippen molar-refractivity contribution in [3.05, 3.63) is 0 Å². The molecule has 43 heavy (non-hydrogen) atoms. The highest BCUT2D eigenvalue weighted by Gasteiger charge is 2.14. The Labute approximate surface area is 257 Å². The van der Waals surface area contributed by atoms with Gasteiger partial charge in [0.1, 0.15) is 0 Å². The summed E-state index contributed by atoms with van der Waals surface area (Å²) in [4.78, 5) is 58.6. The Kier molecular flexibility index (Phi) is 28.8. The Bertz CT molecular complexity index is 771. The number of carbonyl (C=O) groups is 5.